The molecule has 0 aromatic carbocycles. The molecule has 6 heteroatoms. The second-order valence-corrected chi connectivity index (χ2v) is 4.06. The van der Waals surface area contributed by atoms with Crippen molar-refractivity contribution < 1.29 is 4.79 Å². The van der Waals surface area contributed by atoms with E-state index >= 15 is 0 Å². The molecule has 1 amide bonds. The van der Waals surface area contributed by atoms with Gasteiger partial charge in [-0.3, -0.25) is 9.78 Å². The highest BCUT2D eigenvalue weighted by atomic mass is 16.1. The molecule has 0 atom stereocenters. The molecule has 0 bridgehead atoms. The molecule has 3 aromatic heterocycles. The van der Waals surface area contributed by atoms with Gasteiger partial charge in [0.15, 0.2) is 5.82 Å². The average molecular weight is 265 g/mol. The molecule has 0 fully saturated rings. The van der Waals surface area contributed by atoms with Crippen LogP contribution in [-0.4, -0.2) is 25.7 Å². The lowest BCUT2D eigenvalue weighted by molar-refractivity contribution is 0.102. The third-order valence-electron chi connectivity index (χ3n) is 2.65. The van der Waals surface area contributed by atoms with Crippen LogP contribution in [0.3, 0.4) is 0 Å². The molecule has 6 nitrogen and oxygen atoms in total. The highest BCUT2D eigenvalue weighted by molar-refractivity contribution is 6.03. The van der Waals surface area contributed by atoms with Crippen molar-refractivity contribution in [3.8, 4) is 5.82 Å². The normalized spacial score (nSPS) is 10.2. The molecule has 1 N–H and O–H groups in total. The fourth-order valence-electron chi connectivity index (χ4n) is 1.70. The van der Waals surface area contributed by atoms with Gasteiger partial charge < -0.3 is 5.32 Å². The van der Waals surface area contributed by atoms with Gasteiger partial charge in [0.25, 0.3) is 5.91 Å². The van der Waals surface area contributed by atoms with E-state index in [4.69, 9.17) is 0 Å². The van der Waals surface area contributed by atoms with Crippen LogP contribution in [0.5, 0.6) is 0 Å². The number of hydrogen-bond donors (Lipinski definition) is 1. The number of nitrogens with zero attached hydrogens (tertiary/aromatic N) is 4. The number of hydrogen-bond acceptors (Lipinski definition) is 4. The van der Waals surface area contributed by atoms with E-state index in [2.05, 4.69) is 20.4 Å². The quantitative estimate of drug-likeness (QED) is 0.785. The summed E-state index contributed by atoms with van der Waals surface area (Å²) >= 11 is 0. The number of anilines is 1. The van der Waals surface area contributed by atoms with Crippen molar-refractivity contribution in [1.29, 1.82) is 0 Å². The molecule has 3 heterocycles. The van der Waals surface area contributed by atoms with Crippen LogP contribution in [0.25, 0.3) is 5.82 Å². The monoisotopic (exact) mass is 265 g/mol. The van der Waals surface area contributed by atoms with Crippen molar-refractivity contribution in [2.45, 2.75) is 0 Å². The molecular weight excluding hydrogens is 254 g/mol. The van der Waals surface area contributed by atoms with Gasteiger partial charge >= 0.3 is 0 Å². The SMILES string of the molecule is O=C(Nc1cnn(-c2ccccn2)c1)c1cccnc1. The summed E-state index contributed by atoms with van der Waals surface area (Å²) in [5.41, 5.74) is 1.10. The minimum Gasteiger partial charge on any atom is -0.319 e. The summed E-state index contributed by atoms with van der Waals surface area (Å²) in [4.78, 5) is 20.0. The largest absolute Gasteiger partial charge is 0.319 e. The zero-order valence-electron chi connectivity index (χ0n) is 10.5. The Morgan fingerprint density at radius 3 is 2.80 bits per heavy atom. The zero-order chi connectivity index (χ0) is 13.8. The molecule has 3 aromatic rings. The summed E-state index contributed by atoms with van der Waals surface area (Å²) in [6.45, 7) is 0. The first-order valence-corrected chi connectivity index (χ1v) is 6.00. The minimum atomic E-state index is -0.223. The number of carbonyl (C=O) groups excluding carboxylic acids is 1. The summed E-state index contributed by atoms with van der Waals surface area (Å²) in [6, 6.07) is 8.95. The third kappa shape index (κ3) is 2.54. The summed E-state index contributed by atoms with van der Waals surface area (Å²) in [7, 11) is 0. The molecule has 0 aliphatic heterocycles. The fourth-order valence-corrected chi connectivity index (χ4v) is 1.70. The van der Waals surface area contributed by atoms with Crippen LogP contribution < -0.4 is 5.32 Å². The Kier molecular flexibility index (Phi) is 3.20. The lowest BCUT2D eigenvalue weighted by atomic mass is 10.3. The third-order valence-corrected chi connectivity index (χ3v) is 2.65. The topological polar surface area (TPSA) is 72.7 Å². The summed E-state index contributed by atoms with van der Waals surface area (Å²) in [5.74, 6) is 0.466. The van der Waals surface area contributed by atoms with E-state index in [1.165, 1.54) is 6.20 Å². The highest BCUT2D eigenvalue weighted by Crippen LogP contribution is 2.10. The van der Waals surface area contributed by atoms with Crippen LogP contribution in [0.4, 0.5) is 5.69 Å². The van der Waals surface area contributed by atoms with Crippen LogP contribution in [0.1, 0.15) is 10.4 Å². The van der Waals surface area contributed by atoms with Gasteiger partial charge in [-0.25, -0.2) is 9.67 Å². The Hall–Kier alpha value is -3.02. The van der Waals surface area contributed by atoms with Crippen molar-refractivity contribution >= 4 is 11.6 Å². The molecule has 0 saturated heterocycles. The van der Waals surface area contributed by atoms with Crippen molar-refractivity contribution in [2.24, 2.45) is 0 Å². The Labute approximate surface area is 115 Å². The predicted molar refractivity (Wildman–Crippen MR) is 73.5 cm³/mol. The van der Waals surface area contributed by atoms with Gasteiger partial charge in [-0.1, -0.05) is 6.07 Å². The first kappa shape index (κ1) is 12.0. The van der Waals surface area contributed by atoms with Gasteiger partial charge in [-0.2, -0.15) is 5.10 Å². The minimum absolute atomic E-state index is 0.223. The predicted octanol–water partition coefficient (Wildman–Crippen LogP) is 1.91. The van der Waals surface area contributed by atoms with Gasteiger partial charge in [0.1, 0.15) is 0 Å². The summed E-state index contributed by atoms with van der Waals surface area (Å²) < 4.78 is 1.60. The van der Waals surface area contributed by atoms with Crippen molar-refractivity contribution in [2.75, 3.05) is 5.32 Å². The lowest BCUT2D eigenvalue weighted by Crippen LogP contribution is -2.11. The van der Waals surface area contributed by atoms with E-state index < -0.39 is 0 Å². The van der Waals surface area contributed by atoms with E-state index in [1.807, 2.05) is 18.2 Å². The maximum absolute atomic E-state index is 12.0. The molecule has 0 aliphatic carbocycles. The average Bonchev–Trinajstić information content (AvgIpc) is 2.97. The van der Waals surface area contributed by atoms with Crippen LogP contribution in [0, 0.1) is 0 Å². The van der Waals surface area contributed by atoms with E-state index in [1.54, 1.807) is 41.6 Å². The Balaban J connectivity index is 1.77. The van der Waals surface area contributed by atoms with E-state index in [9.17, 15) is 4.79 Å². The molecule has 3 rings (SSSR count). The second kappa shape index (κ2) is 5.31. The molecule has 0 saturated carbocycles. The number of nitrogens with one attached hydrogen (secondary N) is 1. The van der Waals surface area contributed by atoms with Crippen LogP contribution in [0.15, 0.2) is 61.3 Å². The van der Waals surface area contributed by atoms with Gasteiger partial charge in [0.05, 0.1) is 23.6 Å². The van der Waals surface area contributed by atoms with Crippen LogP contribution in [-0.2, 0) is 0 Å². The standard InChI is InChI=1S/C14H11N5O/c20-14(11-4-3-6-15-8-11)18-12-9-17-19(10-12)13-5-1-2-7-16-13/h1-10H,(H,18,20). The van der Waals surface area contributed by atoms with E-state index in [-0.39, 0.29) is 5.91 Å². The Bertz CT molecular complexity index is 709. The lowest BCUT2D eigenvalue weighted by Gasteiger charge is -2.01. The number of amides is 1. The fraction of sp³-hybridized carbons (Fsp3) is 0. The molecule has 98 valence electrons. The molecule has 0 spiro atoms. The van der Waals surface area contributed by atoms with Crippen LogP contribution in [0.2, 0.25) is 0 Å². The van der Waals surface area contributed by atoms with Crippen molar-refractivity contribution in [1.82, 2.24) is 19.7 Å². The van der Waals surface area contributed by atoms with Crippen molar-refractivity contribution in [3.05, 3.63) is 66.9 Å². The summed E-state index contributed by atoms with van der Waals surface area (Å²) in [6.07, 6.45) is 8.10. The number of pyridine rings is 2. The van der Waals surface area contributed by atoms with E-state index in [0.29, 0.717) is 17.1 Å². The van der Waals surface area contributed by atoms with Gasteiger partial charge in [-0.15, -0.1) is 0 Å². The molecule has 20 heavy (non-hydrogen) atoms. The summed E-state index contributed by atoms with van der Waals surface area (Å²) in [5, 5.41) is 6.92. The molecule has 0 aliphatic rings. The second-order valence-electron chi connectivity index (χ2n) is 4.06. The van der Waals surface area contributed by atoms with Crippen LogP contribution >= 0.6 is 0 Å². The van der Waals surface area contributed by atoms with Crippen molar-refractivity contribution in [3.63, 3.8) is 0 Å². The number of carbonyl (C=O) groups is 1. The number of aromatic nitrogens is 4. The Morgan fingerprint density at radius 2 is 2.05 bits per heavy atom. The molecular formula is C14H11N5O. The van der Waals surface area contributed by atoms with Gasteiger partial charge in [0, 0.05) is 18.6 Å². The first-order chi connectivity index (χ1) is 9.83. The highest BCUT2D eigenvalue weighted by Gasteiger charge is 2.08. The molecule has 0 radical (unpaired) electrons. The first-order valence-electron chi connectivity index (χ1n) is 6.00. The Morgan fingerprint density at radius 1 is 1.10 bits per heavy atom. The van der Waals surface area contributed by atoms with Gasteiger partial charge in [0.2, 0.25) is 0 Å². The maximum Gasteiger partial charge on any atom is 0.257 e. The zero-order valence-corrected chi connectivity index (χ0v) is 10.5. The number of rotatable bonds is 3. The molecule has 0 unspecified atom stereocenters. The van der Waals surface area contributed by atoms with E-state index in [0.717, 1.165) is 0 Å². The maximum atomic E-state index is 12.0. The smallest absolute Gasteiger partial charge is 0.257 e. The van der Waals surface area contributed by atoms with Gasteiger partial charge in [-0.05, 0) is 24.3 Å².